The molecule has 1 aliphatic rings. The highest BCUT2D eigenvalue weighted by molar-refractivity contribution is 7.89. The number of sulfonamides is 1. The van der Waals surface area contributed by atoms with E-state index in [4.69, 9.17) is 5.26 Å². The Bertz CT molecular complexity index is 305. The minimum absolute atomic E-state index is 0.116. The van der Waals surface area contributed by atoms with Crippen LogP contribution in [-0.2, 0) is 10.0 Å². The van der Waals surface area contributed by atoms with Crippen LogP contribution in [0.5, 0.6) is 0 Å². The van der Waals surface area contributed by atoms with Gasteiger partial charge in [-0.3, -0.25) is 0 Å². The fraction of sp³-hybridized carbons (Fsp3) is 0.875. The summed E-state index contributed by atoms with van der Waals surface area (Å²) in [6, 6.07) is 2.12. The van der Waals surface area contributed by atoms with Gasteiger partial charge in [0.25, 0.3) is 0 Å². The van der Waals surface area contributed by atoms with Gasteiger partial charge in [0.05, 0.1) is 17.7 Å². The van der Waals surface area contributed by atoms with E-state index in [9.17, 15) is 8.42 Å². The van der Waals surface area contributed by atoms with Crippen molar-refractivity contribution in [3.63, 3.8) is 0 Å². The molecular formula is C8H14N2O2S. The van der Waals surface area contributed by atoms with E-state index in [2.05, 4.69) is 6.07 Å². The molecule has 0 N–H and O–H groups in total. The van der Waals surface area contributed by atoms with E-state index in [1.807, 2.05) is 0 Å². The molecule has 1 atom stereocenters. The quantitative estimate of drug-likeness (QED) is 0.657. The summed E-state index contributed by atoms with van der Waals surface area (Å²) in [5.74, 6) is 0.0144. The summed E-state index contributed by atoms with van der Waals surface area (Å²) >= 11 is 0. The van der Waals surface area contributed by atoms with Crippen molar-refractivity contribution in [3.05, 3.63) is 0 Å². The average Bonchev–Trinajstić information content (AvgIpc) is 2.18. The van der Waals surface area contributed by atoms with Gasteiger partial charge in [0.15, 0.2) is 0 Å². The van der Waals surface area contributed by atoms with Gasteiger partial charge in [0.2, 0.25) is 10.0 Å². The zero-order chi connectivity index (χ0) is 9.90. The Hall–Kier alpha value is -0.600. The van der Waals surface area contributed by atoms with Crippen LogP contribution in [0.2, 0.25) is 0 Å². The van der Waals surface area contributed by atoms with Crippen molar-refractivity contribution in [2.24, 2.45) is 5.92 Å². The maximum atomic E-state index is 11.4. The highest BCUT2D eigenvalue weighted by Crippen LogP contribution is 2.18. The number of hydrogen-bond donors (Lipinski definition) is 0. The molecule has 1 heterocycles. The van der Waals surface area contributed by atoms with Crippen molar-refractivity contribution in [1.29, 1.82) is 5.26 Å². The van der Waals surface area contributed by atoms with E-state index in [-0.39, 0.29) is 11.7 Å². The van der Waals surface area contributed by atoms with Crippen LogP contribution in [0.1, 0.15) is 19.8 Å². The molecule has 1 saturated heterocycles. The first-order valence-corrected chi connectivity index (χ1v) is 6.08. The molecule has 1 rings (SSSR count). The molecule has 4 nitrogen and oxygen atoms in total. The monoisotopic (exact) mass is 202 g/mol. The summed E-state index contributed by atoms with van der Waals surface area (Å²) in [5, 5.41) is 8.68. The fourth-order valence-corrected chi connectivity index (χ4v) is 2.66. The third kappa shape index (κ3) is 2.42. The van der Waals surface area contributed by atoms with Crippen LogP contribution in [0.25, 0.3) is 0 Å². The lowest BCUT2D eigenvalue weighted by atomic mass is 10.0. The molecule has 0 aromatic heterocycles. The van der Waals surface area contributed by atoms with Crippen LogP contribution in [0.15, 0.2) is 0 Å². The van der Waals surface area contributed by atoms with E-state index >= 15 is 0 Å². The fourth-order valence-electron chi connectivity index (χ4n) is 1.48. The van der Waals surface area contributed by atoms with Crippen LogP contribution in [0.4, 0.5) is 0 Å². The van der Waals surface area contributed by atoms with Crippen LogP contribution < -0.4 is 0 Å². The van der Waals surface area contributed by atoms with Crippen molar-refractivity contribution in [1.82, 2.24) is 4.31 Å². The Morgan fingerprint density at radius 3 is 2.85 bits per heavy atom. The zero-order valence-electron chi connectivity index (χ0n) is 7.73. The molecule has 0 radical (unpaired) electrons. The number of rotatable bonds is 2. The van der Waals surface area contributed by atoms with Crippen molar-refractivity contribution in [2.75, 3.05) is 18.8 Å². The molecule has 0 aliphatic carbocycles. The van der Waals surface area contributed by atoms with Gasteiger partial charge in [0.1, 0.15) is 0 Å². The third-order valence-electron chi connectivity index (χ3n) is 2.32. The molecular weight excluding hydrogens is 188 g/mol. The van der Waals surface area contributed by atoms with Crippen LogP contribution in [-0.4, -0.2) is 31.6 Å². The summed E-state index contributed by atoms with van der Waals surface area (Å²) < 4.78 is 24.3. The van der Waals surface area contributed by atoms with Gasteiger partial charge in [-0.2, -0.15) is 5.26 Å². The molecule has 1 aliphatic heterocycles. The Labute approximate surface area is 79.2 Å². The zero-order valence-corrected chi connectivity index (χ0v) is 8.55. The Balaban J connectivity index is 2.68. The predicted molar refractivity (Wildman–Crippen MR) is 49.4 cm³/mol. The lowest BCUT2D eigenvalue weighted by Crippen LogP contribution is -2.40. The molecule has 1 fully saturated rings. The van der Waals surface area contributed by atoms with E-state index in [0.29, 0.717) is 13.1 Å². The Morgan fingerprint density at radius 1 is 1.62 bits per heavy atom. The molecule has 1 unspecified atom stereocenters. The molecule has 0 aromatic carbocycles. The number of nitriles is 1. The molecule has 74 valence electrons. The second kappa shape index (κ2) is 4.07. The van der Waals surface area contributed by atoms with Gasteiger partial charge in [-0.1, -0.05) is 0 Å². The van der Waals surface area contributed by atoms with Crippen molar-refractivity contribution < 1.29 is 8.42 Å². The minimum Gasteiger partial charge on any atom is -0.212 e. The lowest BCUT2D eigenvalue weighted by molar-refractivity contribution is 0.305. The predicted octanol–water partition coefficient (Wildman–Crippen LogP) is 0.572. The first kappa shape index (κ1) is 10.5. The summed E-state index contributed by atoms with van der Waals surface area (Å²) in [5.41, 5.74) is 0. The second-order valence-electron chi connectivity index (χ2n) is 3.23. The maximum Gasteiger partial charge on any atom is 0.213 e. The highest BCUT2D eigenvalue weighted by atomic mass is 32.2. The molecule has 0 saturated carbocycles. The number of hydrogen-bond acceptors (Lipinski definition) is 3. The Morgan fingerprint density at radius 2 is 2.31 bits per heavy atom. The van der Waals surface area contributed by atoms with E-state index in [1.165, 1.54) is 4.31 Å². The van der Waals surface area contributed by atoms with Crippen LogP contribution in [0.3, 0.4) is 0 Å². The lowest BCUT2D eigenvalue weighted by Gasteiger charge is -2.28. The molecule has 0 aromatic rings. The molecule has 5 heteroatoms. The first-order valence-electron chi connectivity index (χ1n) is 4.47. The average molecular weight is 202 g/mol. The molecule has 13 heavy (non-hydrogen) atoms. The van der Waals surface area contributed by atoms with Crippen molar-refractivity contribution >= 4 is 10.0 Å². The van der Waals surface area contributed by atoms with E-state index < -0.39 is 10.0 Å². The largest absolute Gasteiger partial charge is 0.213 e. The molecule has 0 spiro atoms. The SMILES string of the molecule is CCS(=O)(=O)N1CCCC(C#N)C1. The van der Waals surface area contributed by atoms with E-state index in [1.54, 1.807) is 6.92 Å². The molecule has 0 bridgehead atoms. The Kier molecular flexibility index (Phi) is 3.28. The third-order valence-corrected chi connectivity index (χ3v) is 4.17. The summed E-state index contributed by atoms with van der Waals surface area (Å²) in [6.45, 7) is 2.59. The minimum atomic E-state index is -3.08. The highest BCUT2D eigenvalue weighted by Gasteiger charge is 2.27. The van der Waals surface area contributed by atoms with Gasteiger partial charge < -0.3 is 0 Å². The first-order chi connectivity index (χ1) is 6.10. The van der Waals surface area contributed by atoms with Gasteiger partial charge >= 0.3 is 0 Å². The van der Waals surface area contributed by atoms with Gasteiger partial charge in [-0.15, -0.1) is 0 Å². The summed E-state index contributed by atoms with van der Waals surface area (Å²) in [7, 11) is -3.08. The van der Waals surface area contributed by atoms with Gasteiger partial charge in [0, 0.05) is 13.1 Å². The van der Waals surface area contributed by atoms with Crippen LogP contribution in [0, 0.1) is 17.2 Å². The summed E-state index contributed by atoms with van der Waals surface area (Å²) in [4.78, 5) is 0. The van der Waals surface area contributed by atoms with E-state index in [0.717, 1.165) is 12.8 Å². The van der Waals surface area contributed by atoms with Gasteiger partial charge in [-0.25, -0.2) is 12.7 Å². The second-order valence-corrected chi connectivity index (χ2v) is 5.48. The smallest absolute Gasteiger partial charge is 0.212 e. The van der Waals surface area contributed by atoms with Crippen molar-refractivity contribution in [3.8, 4) is 6.07 Å². The number of piperidine rings is 1. The standard InChI is InChI=1S/C8H14N2O2S/c1-2-13(11,12)10-5-3-4-8(6-9)7-10/h8H,2-5,7H2,1H3. The topological polar surface area (TPSA) is 61.2 Å². The van der Waals surface area contributed by atoms with Crippen LogP contribution >= 0.6 is 0 Å². The number of nitrogens with zero attached hydrogens (tertiary/aromatic N) is 2. The normalized spacial score (nSPS) is 25.4. The summed E-state index contributed by atoms with van der Waals surface area (Å²) in [6.07, 6.45) is 1.63. The molecule has 0 amide bonds. The van der Waals surface area contributed by atoms with Crippen molar-refractivity contribution in [2.45, 2.75) is 19.8 Å². The van der Waals surface area contributed by atoms with Gasteiger partial charge in [-0.05, 0) is 19.8 Å². The maximum absolute atomic E-state index is 11.4.